The van der Waals surface area contributed by atoms with E-state index in [1.807, 2.05) is 30.3 Å². The summed E-state index contributed by atoms with van der Waals surface area (Å²) in [6.45, 7) is 0.454. The Morgan fingerprint density at radius 1 is 0.952 bits per heavy atom. The van der Waals surface area contributed by atoms with Crippen molar-refractivity contribution in [3.8, 4) is 5.75 Å². The third kappa shape index (κ3) is 2.87. The standard InChI is InChI=1S/C18H15NO2/c20-16-9-4-7-14(11-16)18(21)19-12-15-8-3-6-13-5-1-2-10-17(13)15/h1-11,20H,12H2,(H,19,21). The Morgan fingerprint density at radius 3 is 2.57 bits per heavy atom. The molecule has 0 spiro atoms. The highest BCUT2D eigenvalue weighted by molar-refractivity contribution is 5.95. The van der Waals surface area contributed by atoms with Gasteiger partial charge in [-0.3, -0.25) is 4.79 Å². The molecule has 0 aliphatic carbocycles. The monoisotopic (exact) mass is 277 g/mol. The molecule has 3 heteroatoms. The van der Waals surface area contributed by atoms with Crippen molar-refractivity contribution in [3.05, 3.63) is 77.9 Å². The highest BCUT2D eigenvalue weighted by atomic mass is 16.3. The van der Waals surface area contributed by atoms with E-state index in [4.69, 9.17) is 0 Å². The van der Waals surface area contributed by atoms with Crippen LogP contribution >= 0.6 is 0 Å². The predicted molar refractivity (Wildman–Crippen MR) is 83.2 cm³/mol. The zero-order valence-electron chi connectivity index (χ0n) is 11.4. The summed E-state index contributed by atoms with van der Waals surface area (Å²) in [7, 11) is 0. The van der Waals surface area contributed by atoms with Crippen molar-refractivity contribution >= 4 is 16.7 Å². The van der Waals surface area contributed by atoms with E-state index in [0.29, 0.717) is 12.1 Å². The molecule has 2 N–H and O–H groups in total. The molecule has 0 unspecified atom stereocenters. The number of amides is 1. The van der Waals surface area contributed by atoms with Gasteiger partial charge in [-0.25, -0.2) is 0 Å². The molecule has 1 amide bonds. The fourth-order valence-electron chi connectivity index (χ4n) is 2.37. The molecule has 104 valence electrons. The van der Waals surface area contributed by atoms with Gasteiger partial charge in [-0.1, -0.05) is 48.5 Å². The summed E-state index contributed by atoms with van der Waals surface area (Å²) >= 11 is 0. The Balaban J connectivity index is 1.79. The van der Waals surface area contributed by atoms with Crippen LogP contribution in [0.15, 0.2) is 66.7 Å². The zero-order valence-corrected chi connectivity index (χ0v) is 11.4. The van der Waals surface area contributed by atoms with Gasteiger partial charge in [0.1, 0.15) is 5.75 Å². The number of carbonyl (C=O) groups excluding carboxylic acids is 1. The number of fused-ring (bicyclic) bond motifs is 1. The number of aromatic hydroxyl groups is 1. The number of phenolic OH excluding ortho intramolecular Hbond substituents is 1. The summed E-state index contributed by atoms with van der Waals surface area (Å²) in [5.74, 6) is -0.105. The SMILES string of the molecule is O=C(NCc1cccc2ccccc12)c1cccc(O)c1. The zero-order chi connectivity index (χ0) is 14.7. The van der Waals surface area contributed by atoms with Gasteiger partial charge in [-0.05, 0) is 34.5 Å². The molecule has 0 atom stereocenters. The minimum Gasteiger partial charge on any atom is -0.508 e. The normalized spacial score (nSPS) is 10.5. The maximum atomic E-state index is 12.1. The van der Waals surface area contributed by atoms with Crippen molar-refractivity contribution in [3.63, 3.8) is 0 Å². The third-order valence-corrected chi connectivity index (χ3v) is 3.43. The molecule has 21 heavy (non-hydrogen) atoms. The van der Waals surface area contributed by atoms with Crippen LogP contribution in [0, 0.1) is 0 Å². The van der Waals surface area contributed by atoms with E-state index in [2.05, 4.69) is 17.4 Å². The first-order chi connectivity index (χ1) is 10.2. The summed E-state index contributed by atoms with van der Waals surface area (Å²) in [6.07, 6.45) is 0. The largest absolute Gasteiger partial charge is 0.508 e. The lowest BCUT2D eigenvalue weighted by atomic mass is 10.0. The number of benzene rings is 3. The van der Waals surface area contributed by atoms with E-state index in [1.165, 1.54) is 6.07 Å². The Labute approximate surface area is 122 Å². The van der Waals surface area contributed by atoms with Crippen LogP contribution in [0.2, 0.25) is 0 Å². The molecule has 3 nitrogen and oxygen atoms in total. The molecule has 3 rings (SSSR count). The highest BCUT2D eigenvalue weighted by Crippen LogP contribution is 2.18. The number of phenols is 1. The van der Waals surface area contributed by atoms with Gasteiger partial charge >= 0.3 is 0 Å². The lowest BCUT2D eigenvalue weighted by Crippen LogP contribution is -2.22. The second-order valence-corrected chi connectivity index (χ2v) is 4.87. The van der Waals surface area contributed by atoms with Crippen molar-refractivity contribution < 1.29 is 9.90 Å². The van der Waals surface area contributed by atoms with Gasteiger partial charge in [0, 0.05) is 12.1 Å². The van der Waals surface area contributed by atoms with Crippen LogP contribution in [-0.4, -0.2) is 11.0 Å². The number of carbonyl (C=O) groups is 1. The van der Waals surface area contributed by atoms with E-state index in [9.17, 15) is 9.90 Å². The molecule has 3 aromatic rings. The number of nitrogens with one attached hydrogen (secondary N) is 1. The highest BCUT2D eigenvalue weighted by Gasteiger charge is 2.07. The second-order valence-electron chi connectivity index (χ2n) is 4.87. The van der Waals surface area contributed by atoms with Gasteiger partial charge in [0.15, 0.2) is 0 Å². The first-order valence-electron chi connectivity index (χ1n) is 6.78. The van der Waals surface area contributed by atoms with Crippen LogP contribution in [0.1, 0.15) is 15.9 Å². The fraction of sp³-hybridized carbons (Fsp3) is 0.0556. The molecule has 0 aliphatic heterocycles. The van der Waals surface area contributed by atoms with E-state index in [-0.39, 0.29) is 11.7 Å². The Bertz CT molecular complexity index is 791. The molecular formula is C18H15NO2. The van der Waals surface area contributed by atoms with Gasteiger partial charge in [-0.2, -0.15) is 0 Å². The molecule has 0 aromatic heterocycles. The smallest absolute Gasteiger partial charge is 0.251 e. The quantitative estimate of drug-likeness (QED) is 0.770. The lowest BCUT2D eigenvalue weighted by molar-refractivity contribution is 0.0950. The number of hydrogen-bond donors (Lipinski definition) is 2. The molecule has 0 saturated heterocycles. The molecule has 0 aliphatic rings. The number of rotatable bonds is 3. The maximum absolute atomic E-state index is 12.1. The Morgan fingerprint density at radius 2 is 1.71 bits per heavy atom. The van der Waals surface area contributed by atoms with E-state index < -0.39 is 0 Å². The lowest BCUT2D eigenvalue weighted by Gasteiger charge is -2.08. The van der Waals surface area contributed by atoms with Crippen LogP contribution in [0.3, 0.4) is 0 Å². The first-order valence-corrected chi connectivity index (χ1v) is 6.78. The van der Waals surface area contributed by atoms with Crippen LogP contribution in [0.4, 0.5) is 0 Å². The Hall–Kier alpha value is -2.81. The van der Waals surface area contributed by atoms with E-state index in [1.54, 1.807) is 18.2 Å². The molecule has 0 fully saturated rings. The van der Waals surface area contributed by atoms with Crippen LogP contribution in [0.5, 0.6) is 5.75 Å². The summed E-state index contributed by atoms with van der Waals surface area (Å²) in [4.78, 5) is 12.1. The first kappa shape index (κ1) is 13.2. The minimum atomic E-state index is -0.196. The van der Waals surface area contributed by atoms with Crippen molar-refractivity contribution in [1.29, 1.82) is 0 Å². The van der Waals surface area contributed by atoms with Crippen LogP contribution < -0.4 is 5.32 Å². The van der Waals surface area contributed by atoms with Gasteiger partial charge in [0.05, 0.1) is 0 Å². The van der Waals surface area contributed by atoms with Crippen LogP contribution in [-0.2, 0) is 6.54 Å². The third-order valence-electron chi connectivity index (χ3n) is 3.43. The molecule has 0 saturated carbocycles. The average molecular weight is 277 g/mol. The summed E-state index contributed by atoms with van der Waals surface area (Å²) in [5.41, 5.74) is 1.52. The van der Waals surface area contributed by atoms with Gasteiger partial charge in [0.25, 0.3) is 5.91 Å². The summed E-state index contributed by atoms with van der Waals surface area (Å²) in [5, 5.41) is 14.6. The summed E-state index contributed by atoms with van der Waals surface area (Å²) < 4.78 is 0. The van der Waals surface area contributed by atoms with Crippen molar-refractivity contribution in [2.75, 3.05) is 0 Å². The summed E-state index contributed by atoms with van der Waals surface area (Å²) in [6, 6.07) is 20.5. The Kier molecular flexibility index (Phi) is 3.56. The van der Waals surface area contributed by atoms with Gasteiger partial charge < -0.3 is 10.4 Å². The topological polar surface area (TPSA) is 49.3 Å². The molecule has 0 bridgehead atoms. The maximum Gasteiger partial charge on any atom is 0.251 e. The fourth-order valence-corrected chi connectivity index (χ4v) is 2.37. The van der Waals surface area contributed by atoms with E-state index in [0.717, 1.165) is 16.3 Å². The predicted octanol–water partition coefficient (Wildman–Crippen LogP) is 3.48. The molecular weight excluding hydrogens is 262 g/mol. The van der Waals surface area contributed by atoms with Gasteiger partial charge in [0.2, 0.25) is 0 Å². The average Bonchev–Trinajstić information content (AvgIpc) is 2.52. The van der Waals surface area contributed by atoms with Crippen molar-refractivity contribution in [2.45, 2.75) is 6.54 Å². The number of hydrogen-bond acceptors (Lipinski definition) is 2. The minimum absolute atomic E-state index is 0.0906. The van der Waals surface area contributed by atoms with Gasteiger partial charge in [-0.15, -0.1) is 0 Å². The second kappa shape index (κ2) is 5.67. The molecule has 3 aromatic carbocycles. The van der Waals surface area contributed by atoms with Crippen LogP contribution in [0.25, 0.3) is 10.8 Å². The van der Waals surface area contributed by atoms with E-state index >= 15 is 0 Å². The molecule has 0 heterocycles. The van der Waals surface area contributed by atoms with Crippen molar-refractivity contribution in [2.24, 2.45) is 0 Å². The van der Waals surface area contributed by atoms with Crippen molar-refractivity contribution in [1.82, 2.24) is 5.32 Å². The molecule has 0 radical (unpaired) electrons.